The van der Waals surface area contributed by atoms with Gasteiger partial charge in [-0.3, -0.25) is 4.79 Å². The zero-order valence-electron chi connectivity index (χ0n) is 17.5. The zero-order chi connectivity index (χ0) is 22.1. The Hall–Kier alpha value is -3.55. The van der Waals surface area contributed by atoms with E-state index in [2.05, 4.69) is 16.0 Å². The number of hydrogen-bond acceptors (Lipinski definition) is 5. The largest absolute Gasteiger partial charge is 0.497 e. The van der Waals surface area contributed by atoms with Crippen LogP contribution in [0.5, 0.6) is 5.75 Å². The summed E-state index contributed by atoms with van der Waals surface area (Å²) in [6.07, 6.45) is -0.972. The van der Waals surface area contributed by atoms with Crippen molar-refractivity contribution in [2.75, 3.05) is 12.4 Å². The van der Waals surface area contributed by atoms with Crippen molar-refractivity contribution >= 4 is 23.6 Å². The highest BCUT2D eigenvalue weighted by molar-refractivity contribution is 5.97. The van der Waals surface area contributed by atoms with Gasteiger partial charge in [0, 0.05) is 18.3 Å². The smallest absolute Gasteiger partial charge is 0.338 e. The van der Waals surface area contributed by atoms with Gasteiger partial charge in [-0.1, -0.05) is 12.1 Å². The van der Waals surface area contributed by atoms with Gasteiger partial charge in [-0.25, -0.2) is 9.59 Å². The van der Waals surface area contributed by atoms with Crippen LogP contribution in [0, 0.1) is 0 Å². The average molecular weight is 413 g/mol. The predicted octanol–water partition coefficient (Wildman–Crippen LogP) is 3.09. The molecule has 0 aliphatic heterocycles. The predicted molar refractivity (Wildman–Crippen MR) is 113 cm³/mol. The molecule has 0 saturated carbocycles. The molecule has 3 N–H and O–H groups in total. The molecule has 3 amide bonds. The van der Waals surface area contributed by atoms with Gasteiger partial charge in [0.05, 0.1) is 12.7 Å². The third-order valence-corrected chi connectivity index (χ3v) is 4.07. The molecule has 0 radical (unpaired) electrons. The summed E-state index contributed by atoms with van der Waals surface area (Å²) in [4.78, 5) is 36.2. The molecule has 160 valence electrons. The van der Waals surface area contributed by atoms with Crippen LogP contribution in [-0.4, -0.2) is 37.2 Å². The van der Waals surface area contributed by atoms with Crippen LogP contribution in [0.3, 0.4) is 0 Å². The highest BCUT2D eigenvalue weighted by Gasteiger charge is 2.19. The Morgan fingerprint density at radius 1 is 0.933 bits per heavy atom. The van der Waals surface area contributed by atoms with Crippen LogP contribution in [0.2, 0.25) is 0 Å². The summed E-state index contributed by atoms with van der Waals surface area (Å²) < 4.78 is 10.3. The number of anilines is 1. The first-order valence-corrected chi connectivity index (χ1v) is 9.57. The minimum Gasteiger partial charge on any atom is -0.497 e. The van der Waals surface area contributed by atoms with Crippen molar-refractivity contribution in [2.24, 2.45) is 0 Å². The van der Waals surface area contributed by atoms with E-state index in [1.165, 1.54) is 6.92 Å². The fourth-order valence-electron chi connectivity index (χ4n) is 2.45. The minimum atomic E-state index is -0.972. The lowest BCUT2D eigenvalue weighted by Crippen LogP contribution is -2.39. The molecule has 0 spiro atoms. The summed E-state index contributed by atoms with van der Waals surface area (Å²) in [5.74, 6) is -0.374. The van der Waals surface area contributed by atoms with E-state index in [-0.39, 0.29) is 12.1 Å². The molecule has 0 fully saturated rings. The van der Waals surface area contributed by atoms with Gasteiger partial charge >= 0.3 is 12.0 Å². The van der Waals surface area contributed by atoms with Gasteiger partial charge in [0.1, 0.15) is 5.75 Å². The molecule has 2 rings (SSSR count). The molecule has 0 aliphatic carbocycles. The van der Waals surface area contributed by atoms with E-state index < -0.39 is 18.0 Å². The number of carbonyl (C=O) groups is 3. The summed E-state index contributed by atoms with van der Waals surface area (Å²) >= 11 is 0. The quantitative estimate of drug-likeness (QED) is 0.577. The number of nitrogens with one attached hydrogen (secondary N) is 3. The molecule has 8 heteroatoms. The lowest BCUT2D eigenvalue weighted by Gasteiger charge is -2.14. The number of methoxy groups -OCH3 is 1. The number of carbonyl (C=O) groups excluding carboxylic acids is 3. The summed E-state index contributed by atoms with van der Waals surface area (Å²) in [6, 6.07) is 13.2. The maximum absolute atomic E-state index is 12.3. The number of rotatable bonds is 8. The Labute approximate surface area is 175 Å². The van der Waals surface area contributed by atoms with E-state index in [9.17, 15) is 14.4 Å². The van der Waals surface area contributed by atoms with Crippen LogP contribution in [0.25, 0.3) is 0 Å². The van der Waals surface area contributed by atoms with Gasteiger partial charge in [-0.2, -0.15) is 0 Å². The summed E-state index contributed by atoms with van der Waals surface area (Å²) in [5.41, 5.74) is 1.72. The normalized spacial score (nSPS) is 11.4. The van der Waals surface area contributed by atoms with E-state index in [0.717, 1.165) is 5.56 Å². The molecule has 0 bridgehead atoms. The number of urea groups is 1. The van der Waals surface area contributed by atoms with Crippen LogP contribution in [0.4, 0.5) is 10.5 Å². The Kier molecular flexibility index (Phi) is 8.22. The highest BCUT2D eigenvalue weighted by Crippen LogP contribution is 2.15. The molecule has 0 aliphatic rings. The molecule has 0 aromatic heterocycles. The summed E-state index contributed by atoms with van der Waals surface area (Å²) in [7, 11) is 1.56. The maximum atomic E-state index is 12.3. The first kappa shape index (κ1) is 22.7. The van der Waals surface area contributed by atoms with Gasteiger partial charge in [0.25, 0.3) is 5.91 Å². The number of amides is 3. The first-order chi connectivity index (χ1) is 14.3. The van der Waals surface area contributed by atoms with Crippen LogP contribution in [0.1, 0.15) is 36.7 Å². The lowest BCUT2D eigenvalue weighted by molar-refractivity contribution is -0.123. The van der Waals surface area contributed by atoms with Crippen molar-refractivity contribution in [2.45, 2.75) is 39.5 Å². The average Bonchev–Trinajstić information content (AvgIpc) is 2.72. The molecule has 8 nitrogen and oxygen atoms in total. The second-order valence-corrected chi connectivity index (χ2v) is 6.94. The second kappa shape index (κ2) is 10.8. The SMILES string of the molecule is COc1ccc(NC(=O)[C@H](C)OC(=O)c2ccc(CNC(=O)NC(C)C)cc2)cc1. The molecule has 0 saturated heterocycles. The standard InChI is InChI=1S/C22H27N3O5/c1-14(2)24-22(28)23-13-16-5-7-17(8-6-16)21(27)30-15(3)20(26)25-18-9-11-19(29-4)12-10-18/h5-12,14-15H,13H2,1-4H3,(H,25,26)(H2,23,24,28)/t15-/m0/s1. The van der Waals surface area contributed by atoms with E-state index in [1.54, 1.807) is 55.6 Å². The van der Waals surface area contributed by atoms with Crippen molar-refractivity contribution in [1.29, 1.82) is 0 Å². The third kappa shape index (κ3) is 7.12. The van der Waals surface area contributed by atoms with E-state index >= 15 is 0 Å². The fraction of sp³-hybridized carbons (Fsp3) is 0.318. The first-order valence-electron chi connectivity index (χ1n) is 9.57. The van der Waals surface area contributed by atoms with Crippen LogP contribution in [-0.2, 0) is 16.1 Å². The van der Waals surface area contributed by atoms with Crippen molar-refractivity contribution in [1.82, 2.24) is 10.6 Å². The maximum Gasteiger partial charge on any atom is 0.338 e. The van der Waals surface area contributed by atoms with Crippen LogP contribution < -0.4 is 20.7 Å². The van der Waals surface area contributed by atoms with Crippen molar-refractivity contribution in [3.8, 4) is 5.75 Å². The molecular formula is C22H27N3O5. The Bertz CT molecular complexity index is 863. The summed E-state index contributed by atoms with van der Waals surface area (Å²) in [5, 5.41) is 8.14. The van der Waals surface area contributed by atoms with Gasteiger partial charge in [-0.15, -0.1) is 0 Å². The van der Waals surface area contributed by atoms with E-state index in [4.69, 9.17) is 9.47 Å². The molecule has 2 aromatic rings. The van der Waals surface area contributed by atoms with Crippen molar-refractivity contribution < 1.29 is 23.9 Å². The minimum absolute atomic E-state index is 0.0473. The van der Waals surface area contributed by atoms with E-state index in [0.29, 0.717) is 23.5 Å². The fourth-order valence-corrected chi connectivity index (χ4v) is 2.45. The topological polar surface area (TPSA) is 106 Å². The number of ether oxygens (including phenoxy) is 2. The molecule has 1 atom stereocenters. The molecule has 30 heavy (non-hydrogen) atoms. The van der Waals surface area contributed by atoms with Crippen LogP contribution in [0.15, 0.2) is 48.5 Å². The van der Waals surface area contributed by atoms with Gasteiger partial charge in [0.15, 0.2) is 6.10 Å². The number of benzene rings is 2. The van der Waals surface area contributed by atoms with Crippen LogP contribution >= 0.6 is 0 Å². The highest BCUT2D eigenvalue weighted by atomic mass is 16.5. The Morgan fingerprint density at radius 2 is 1.57 bits per heavy atom. The monoisotopic (exact) mass is 413 g/mol. The lowest BCUT2D eigenvalue weighted by atomic mass is 10.1. The number of esters is 1. The van der Waals surface area contributed by atoms with Crippen molar-refractivity contribution in [3.63, 3.8) is 0 Å². The molecule has 0 unspecified atom stereocenters. The Balaban J connectivity index is 1.85. The summed E-state index contributed by atoms with van der Waals surface area (Å²) in [6.45, 7) is 5.58. The van der Waals surface area contributed by atoms with E-state index in [1.807, 2.05) is 13.8 Å². The van der Waals surface area contributed by atoms with Gasteiger partial charge < -0.3 is 25.4 Å². The Morgan fingerprint density at radius 3 is 2.13 bits per heavy atom. The van der Waals surface area contributed by atoms with Gasteiger partial charge in [0.2, 0.25) is 0 Å². The molecule has 0 heterocycles. The zero-order valence-corrected chi connectivity index (χ0v) is 17.5. The van der Waals surface area contributed by atoms with Gasteiger partial charge in [-0.05, 0) is 62.7 Å². The number of hydrogen-bond donors (Lipinski definition) is 3. The third-order valence-electron chi connectivity index (χ3n) is 4.07. The van der Waals surface area contributed by atoms with Crippen molar-refractivity contribution in [3.05, 3.63) is 59.7 Å². The molecule has 2 aromatic carbocycles. The second-order valence-electron chi connectivity index (χ2n) is 6.94. The molecular weight excluding hydrogens is 386 g/mol.